The van der Waals surface area contributed by atoms with E-state index in [9.17, 15) is 4.39 Å². The van der Waals surface area contributed by atoms with E-state index in [1.807, 2.05) is 13.0 Å². The average Bonchev–Trinajstić information content (AvgIpc) is 2.23. The van der Waals surface area contributed by atoms with Crippen molar-refractivity contribution < 1.29 is 4.39 Å². The van der Waals surface area contributed by atoms with Crippen LogP contribution in [-0.2, 0) is 6.42 Å². The van der Waals surface area contributed by atoms with Crippen LogP contribution in [0.15, 0.2) is 12.1 Å². The number of fused-ring (bicyclic) bond motifs is 1. The predicted octanol–water partition coefficient (Wildman–Crippen LogP) is 3.37. The van der Waals surface area contributed by atoms with Crippen LogP contribution in [0, 0.1) is 24.6 Å². The molecule has 1 aromatic carbocycles. The number of hydrogen-bond donors (Lipinski definition) is 1. The second kappa shape index (κ2) is 3.84. The van der Waals surface area contributed by atoms with Crippen LogP contribution in [0.3, 0.4) is 0 Å². The van der Waals surface area contributed by atoms with Gasteiger partial charge in [-0.05, 0) is 36.8 Å². The number of nitrogens with one attached hydrogen (secondary N) is 1. The van der Waals surface area contributed by atoms with Crippen LogP contribution in [-0.4, -0.2) is 6.54 Å². The first kappa shape index (κ1) is 10.5. The van der Waals surface area contributed by atoms with E-state index in [1.165, 1.54) is 5.56 Å². The van der Waals surface area contributed by atoms with Gasteiger partial charge in [-0.15, -0.1) is 0 Å². The molecule has 1 N–H and O–H groups in total. The number of rotatable bonds is 1. The predicted molar refractivity (Wildman–Crippen MR) is 61.7 cm³/mol. The number of hydrogen-bond acceptors (Lipinski definition) is 1. The topological polar surface area (TPSA) is 12.0 Å². The van der Waals surface area contributed by atoms with Gasteiger partial charge in [-0.1, -0.05) is 19.9 Å². The van der Waals surface area contributed by atoms with Gasteiger partial charge in [-0.25, -0.2) is 4.39 Å². The molecular formula is C13H18FN. The third-order valence-corrected chi connectivity index (χ3v) is 3.45. The normalized spacial score (nSPS) is 19.9. The molecule has 0 amide bonds. The molecule has 1 aromatic rings. The van der Waals surface area contributed by atoms with E-state index >= 15 is 0 Å². The molecule has 0 aromatic heterocycles. The van der Waals surface area contributed by atoms with Crippen LogP contribution in [0.1, 0.15) is 25.0 Å². The first-order valence-electron chi connectivity index (χ1n) is 5.61. The molecule has 0 spiro atoms. The molecule has 1 aliphatic rings. The van der Waals surface area contributed by atoms with Crippen LogP contribution >= 0.6 is 0 Å². The Morgan fingerprint density at radius 2 is 2.13 bits per heavy atom. The van der Waals surface area contributed by atoms with Crippen LogP contribution in [0.5, 0.6) is 0 Å². The summed E-state index contributed by atoms with van der Waals surface area (Å²) in [5.74, 6) is 1.24. The first-order chi connectivity index (χ1) is 7.09. The Bertz CT molecular complexity index is 371. The lowest BCUT2D eigenvalue weighted by atomic mass is 9.85. The van der Waals surface area contributed by atoms with Gasteiger partial charge in [0, 0.05) is 17.8 Å². The molecule has 15 heavy (non-hydrogen) atoms. The fourth-order valence-corrected chi connectivity index (χ4v) is 2.22. The van der Waals surface area contributed by atoms with Gasteiger partial charge in [-0.3, -0.25) is 0 Å². The molecule has 0 bridgehead atoms. The molecule has 1 unspecified atom stereocenters. The molecule has 2 rings (SSSR count). The Kier molecular flexibility index (Phi) is 2.68. The Hall–Kier alpha value is -1.05. The van der Waals surface area contributed by atoms with Crippen LogP contribution in [0.25, 0.3) is 0 Å². The van der Waals surface area contributed by atoms with E-state index in [0.29, 0.717) is 11.8 Å². The van der Waals surface area contributed by atoms with Crippen molar-refractivity contribution in [1.29, 1.82) is 0 Å². The molecule has 1 atom stereocenters. The number of benzene rings is 1. The van der Waals surface area contributed by atoms with E-state index in [2.05, 4.69) is 19.2 Å². The van der Waals surface area contributed by atoms with Crippen molar-refractivity contribution in [3.8, 4) is 0 Å². The van der Waals surface area contributed by atoms with E-state index < -0.39 is 0 Å². The molecule has 1 heterocycles. The van der Waals surface area contributed by atoms with E-state index in [-0.39, 0.29) is 5.82 Å². The highest BCUT2D eigenvalue weighted by atomic mass is 19.1. The number of anilines is 1. The summed E-state index contributed by atoms with van der Waals surface area (Å²) in [5.41, 5.74) is 3.04. The molecule has 2 heteroatoms. The summed E-state index contributed by atoms with van der Waals surface area (Å²) in [6.45, 7) is 7.30. The third kappa shape index (κ3) is 1.85. The monoisotopic (exact) mass is 207 g/mol. The van der Waals surface area contributed by atoms with Gasteiger partial charge in [0.2, 0.25) is 0 Å². The van der Waals surface area contributed by atoms with Crippen molar-refractivity contribution in [1.82, 2.24) is 0 Å². The van der Waals surface area contributed by atoms with Gasteiger partial charge in [-0.2, -0.15) is 0 Å². The summed E-state index contributed by atoms with van der Waals surface area (Å²) in [7, 11) is 0. The van der Waals surface area contributed by atoms with Crippen LogP contribution in [0.2, 0.25) is 0 Å². The van der Waals surface area contributed by atoms with Crippen molar-refractivity contribution in [3.63, 3.8) is 0 Å². The first-order valence-corrected chi connectivity index (χ1v) is 5.61. The second-order valence-corrected chi connectivity index (χ2v) is 4.80. The zero-order valence-electron chi connectivity index (χ0n) is 9.60. The fourth-order valence-electron chi connectivity index (χ4n) is 2.22. The minimum Gasteiger partial charge on any atom is -0.384 e. The molecule has 82 valence electrons. The van der Waals surface area contributed by atoms with Crippen molar-refractivity contribution >= 4 is 5.69 Å². The molecule has 0 radical (unpaired) electrons. The van der Waals surface area contributed by atoms with Crippen molar-refractivity contribution in [2.24, 2.45) is 11.8 Å². The molecule has 0 saturated heterocycles. The Morgan fingerprint density at radius 3 is 2.80 bits per heavy atom. The van der Waals surface area contributed by atoms with Gasteiger partial charge in [0.1, 0.15) is 5.82 Å². The molecular weight excluding hydrogens is 189 g/mol. The lowest BCUT2D eigenvalue weighted by Gasteiger charge is -2.30. The zero-order chi connectivity index (χ0) is 11.0. The van der Waals surface area contributed by atoms with Gasteiger partial charge >= 0.3 is 0 Å². The highest BCUT2D eigenvalue weighted by molar-refractivity contribution is 5.59. The molecule has 1 nitrogen and oxygen atoms in total. The Balaban J connectivity index is 2.32. The van der Waals surface area contributed by atoms with Crippen LogP contribution in [0.4, 0.5) is 10.1 Å². The molecule has 1 aliphatic heterocycles. The molecule has 0 saturated carbocycles. The summed E-state index contributed by atoms with van der Waals surface area (Å²) in [6, 6.07) is 3.50. The highest BCUT2D eigenvalue weighted by Gasteiger charge is 2.22. The average molecular weight is 207 g/mol. The van der Waals surface area contributed by atoms with E-state index in [1.54, 1.807) is 6.07 Å². The maximum atomic E-state index is 13.3. The summed E-state index contributed by atoms with van der Waals surface area (Å²) in [6.07, 6.45) is 1.07. The molecule has 0 aliphatic carbocycles. The summed E-state index contributed by atoms with van der Waals surface area (Å²) in [5, 5.41) is 3.36. The minimum absolute atomic E-state index is 0.107. The maximum Gasteiger partial charge on any atom is 0.128 e. The number of halogens is 1. The summed E-state index contributed by atoms with van der Waals surface area (Å²) in [4.78, 5) is 0. The highest BCUT2D eigenvalue weighted by Crippen LogP contribution is 2.31. The standard InChI is InChI=1S/C13H18FN/c1-8(2)11-6-10-4-5-12(14)9(3)13(10)15-7-11/h4-5,8,11,15H,6-7H2,1-3H3. The van der Waals surface area contributed by atoms with Gasteiger partial charge < -0.3 is 5.32 Å². The summed E-state index contributed by atoms with van der Waals surface area (Å²) >= 11 is 0. The lowest BCUT2D eigenvalue weighted by Crippen LogP contribution is -2.27. The third-order valence-electron chi connectivity index (χ3n) is 3.45. The zero-order valence-corrected chi connectivity index (χ0v) is 9.60. The quantitative estimate of drug-likeness (QED) is 0.744. The Morgan fingerprint density at radius 1 is 1.40 bits per heavy atom. The summed E-state index contributed by atoms with van der Waals surface area (Å²) < 4.78 is 13.3. The minimum atomic E-state index is -0.107. The van der Waals surface area contributed by atoms with Crippen molar-refractivity contribution in [3.05, 3.63) is 29.1 Å². The Labute approximate surface area is 90.7 Å². The van der Waals surface area contributed by atoms with Gasteiger partial charge in [0.05, 0.1) is 0 Å². The van der Waals surface area contributed by atoms with Crippen molar-refractivity contribution in [2.45, 2.75) is 27.2 Å². The van der Waals surface area contributed by atoms with Crippen LogP contribution < -0.4 is 5.32 Å². The largest absolute Gasteiger partial charge is 0.384 e. The van der Waals surface area contributed by atoms with E-state index in [0.717, 1.165) is 24.2 Å². The second-order valence-electron chi connectivity index (χ2n) is 4.80. The van der Waals surface area contributed by atoms with Crippen molar-refractivity contribution in [2.75, 3.05) is 11.9 Å². The SMILES string of the molecule is Cc1c(F)ccc2c1NCC(C(C)C)C2. The van der Waals surface area contributed by atoms with E-state index in [4.69, 9.17) is 0 Å². The maximum absolute atomic E-state index is 13.3. The van der Waals surface area contributed by atoms with Gasteiger partial charge in [0.25, 0.3) is 0 Å². The smallest absolute Gasteiger partial charge is 0.128 e. The lowest BCUT2D eigenvalue weighted by molar-refractivity contribution is 0.393. The fraction of sp³-hybridized carbons (Fsp3) is 0.538. The van der Waals surface area contributed by atoms with Gasteiger partial charge in [0.15, 0.2) is 0 Å². The molecule has 0 fully saturated rings.